The maximum Gasteiger partial charge on any atom is 0.337 e. The first-order valence-electron chi connectivity index (χ1n) is 5.84. The molecule has 21 heavy (non-hydrogen) atoms. The van der Waals surface area contributed by atoms with Crippen LogP contribution in [0.3, 0.4) is 0 Å². The van der Waals surface area contributed by atoms with Crippen LogP contribution in [0.1, 0.15) is 20.8 Å². The lowest BCUT2D eigenvalue weighted by Gasteiger charge is -2.04. The Morgan fingerprint density at radius 3 is 2.67 bits per heavy atom. The predicted molar refractivity (Wildman–Crippen MR) is 73.2 cm³/mol. The topological polar surface area (TPSA) is 114 Å². The molecular formula is C13H11N3O5. The molecular weight excluding hydrogens is 278 g/mol. The van der Waals surface area contributed by atoms with E-state index in [1.165, 1.54) is 25.3 Å². The van der Waals surface area contributed by atoms with Crippen LogP contribution in [0.25, 0.3) is 0 Å². The average Bonchev–Trinajstić information content (AvgIpc) is 2.97. The van der Waals surface area contributed by atoms with Crippen molar-refractivity contribution in [3.8, 4) is 0 Å². The summed E-state index contributed by atoms with van der Waals surface area (Å²) >= 11 is 0. The van der Waals surface area contributed by atoms with Crippen molar-refractivity contribution >= 4 is 23.4 Å². The summed E-state index contributed by atoms with van der Waals surface area (Å²) in [5, 5.41) is 13.1. The van der Waals surface area contributed by atoms with Gasteiger partial charge in [0.25, 0.3) is 5.91 Å². The lowest BCUT2D eigenvalue weighted by atomic mass is 10.2. The zero-order chi connectivity index (χ0) is 15.4. The van der Waals surface area contributed by atoms with E-state index in [2.05, 4.69) is 15.0 Å². The van der Waals surface area contributed by atoms with Gasteiger partial charge in [0, 0.05) is 11.8 Å². The van der Waals surface area contributed by atoms with Crippen LogP contribution in [0.4, 0.5) is 11.5 Å². The summed E-state index contributed by atoms with van der Waals surface area (Å²) in [5.41, 5.74) is 0.707. The Morgan fingerprint density at radius 1 is 1.29 bits per heavy atom. The fraction of sp³-hybridized carbons (Fsp3) is 0.0769. The Hall–Kier alpha value is -3.16. The number of aromatic amines is 1. The second kappa shape index (κ2) is 5.87. The minimum Gasteiger partial charge on any atom is -0.465 e. The van der Waals surface area contributed by atoms with Gasteiger partial charge in [-0.1, -0.05) is 6.07 Å². The summed E-state index contributed by atoms with van der Waals surface area (Å²) in [6.45, 7) is 0. The zero-order valence-corrected chi connectivity index (χ0v) is 11.0. The average molecular weight is 289 g/mol. The maximum absolute atomic E-state index is 11.9. The molecule has 8 heteroatoms. The van der Waals surface area contributed by atoms with Crippen molar-refractivity contribution < 1.29 is 19.2 Å². The quantitative estimate of drug-likeness (QED) is 0.507. The van der Waals surface area contributed by atoms with E-state index >= 15 is 0 Å². The molecule has 1 aromatic heterocycles. The Labute approximate surface area is 118 Å². The first kappa shape index (κ1) is 14.3. The molecule has 0 spiro atoms. The number of carbonyl (C=O) groups is 2. The molecule has 0 aliphatic carbocycles. The van der Waals surface area contributed by atoms with Crippen molar-refractivity contribution in [1.82, 2.24) is 4.98 Å². The molecule has 0 unspecified atom stereocenters. The summed E-state index contributed by atoms with van der Waals surface area (Å²) in [7, 11) is 1.26. The first-order chi connectivity index (χ1) is 10.0. The lowest BCUT2D eigenvalue weighted by Crippen LogP contribution is -2.13. The van der Waals surface area contributed by atoms with Gasteiger partial charge in [0.15, 0.2) is 5.69 Å². The van der Waals surface area contributed by atoms with Crippen molar-refractivity contribution in [3.63, 3.8) is 0 Å². The van der Waals surface area contributed by atoms with Crippen molar-refractivity contribution in [2.75, 3.05) is 12.4 Å². The van der Waals surface area contributed by atoms with E-state index in [4.69, 9.17) is 0 Å². The second-order valence-corrected chi connectivity index (χ2v) is 4.04. The molecule has 0 saturated carbocycles. The molecule has 0 aliphatic rings. The number of esters is 1. The smallest absolute Gasteiger partial charge is 0.337 e. The SMILES string of the molecule is COC(=O)c1cccc(NC(=O)c2ccc([N+](=O)[O-])[nH]2)c1. The number of nitrogens with one attached hydrogen (secondary N) is 2. The highest BCUT2D eigenvalue weighted by Crippen LogP contribution is 2.15. The minimum atomic E-state index is -0.630. The third-order valence-electron chi connectivity index (χ3n) is 2.65. The number of nitrogens with zero attached hydrogens (tertiary/aromatic N) is 1. The van der Waals surface area contributed by atoms with Gasteiger partial charge in [-0.25, -0.2) is 9.78 Å². The number of methoxy groups -OCH3 is 1. The number of anilines is 1. The Kier molecular flexibility index (Phi) is 3.98. The van der Waals surface area contributed by atoms with E-state index < -0.39 is 16.8 Å². The molecule has 0 saturated heterocycles. The molecule has 1 amide bonds. The summed E-state index contributed by atoms with van der Waals surface area (Å²) in [4.78, 5) is 35.6. The number of H-pyrrole nitrogens is 1. The van der Waals surface area contributed by atoms with Crippen molar-refractivity contribution in [1.29, 1.82) is 0 Å². The van der Waals surface area contributed by atoms with Gasteiger partial charge in [-0.3, -0.25) is 4.79 Å². The van der Waals surface area contributed by atoms with E-state index in [0.29, 0.717) is 5.69 Å². The molecule has 2 rings (SSSR count). The van der Waals surface area contributed by atoms with Crippen molar-refractivity contribution in [2.24, 2.45) is 0 Å². The van der Waals surface area contributed by atoms with E-state index in [1.807, 2.05) is 0 Å². The third-order valence-corrected chi connectivity index (χ3v) is 2.65. The molecule has 1 aromatic carbocycles. The number of ether oxygens (including phenoxy) is 1. The monoisotopic (exact) mass is 289 g/mol. The van der Waals surface area contributed by atoms with E-state index in [0.717, 1.165) is 0 Å². The summed E-state index contributed by atoms with van der Waals surface area (Å²) in [5.74, 6) is -1.35. The van der Waals surface area contributed by atoms with Gasteiger partial charge in [0.05, 0.1) is 12.7 Å². The van der Waals surface area contributed by atoms with E-state index in [-0.39, 0.29) is 17.1 Å². The lowest BCUT2D eigenvalue weighted by molar-refractivity contribution is -0.389. The number of nitro groups is 1. The van der Waals surface area contributed by atoms with Crippen LogP contribution in [-0.2, 0) is 4.74 Å². The second-order valence-electron chi connectivity index (χ2n) is 4.04. The first-order valence-corrected chi connectivity index (χ1v) is 5.84. The van der Waals surface area contributed by atoms with E-state index in [9.17, 15) is 19.7 Å². The standard InChI is InChI=1S/C13H11N3O5/c1-21-13(18)8-3-2-4-9(7-8)14-12(17)10-5-6-11(15-10)16(19)20/h2-7,15H,1H3,(H,14,17). The number of aromatic nitrogens is 1. The van der Waals surface area contributed by atoms with E-state index in [1.54, 1.807) is 18.2 Å². The highest BCUT2D eigenvalue weighted by molar-refractivity contribution is 6.03. The molecule has 8 nitrogen and oxygen atoms in total. The number of hydrogen-bond acceptors (Lipinski definition) is 5. The number of rotatable bonds is 4. The zero-order valence-electron chi connectivity index (χ0n) is 11.0. The summed E-state index contributed by atoms with van der Waals surface area (Å²) in [6.07, 6.45) is 0. The number of benzene rings is 1. The van der Waals surface area contributed by atoms with Gasteiger partial charge < -0.3 is 20.2 Å². The molecule has 0 atom stereocenters. The van der Waals surface area contributed by atoms with Gasteiger partial charge in [-0.2, -0.15) is 0 Å². The largest absolute Gasteiger partial charge is 0.465 e. The van der Waals surface area contributed by atoms with Gasteiger partial charge in [0.1, 0.15) is 0 Å². The fourth-order valence-corrected chi connectivity index (χ4v) is 1.66. The summed E-state index contributed by atoms with van der Waals surface area (Å²) in [6, 6.07) is 8.65. The number of hydrogen-bond donors (Lipinski definition) is 2. The molecule has 2 aromatic rings. The Bertz CT molecular complexity index is 707. The van der Waals surface area contributed by atoms with Gasteiger partial charge in [0.2, 0.25) is 0 Å². The van der Waals surface area contributed by atoms with Crippen molar-refractivity contribution in [2.45, 2.75) is 0 Å². The fourth-order valence-electron chi connectivity index (χ4n) is 1.66. The highest BCUT2D eigenvalue weighted by atomic mass is 16.6. The van der Waals surface area contributed by atoms with Gasteiger partial charge in [-0.05, 0) is 29.2 Å². The molecule has 0 bridgehead atoms. The third kappa shape index (κ3) is 3.24. The van der Waals surface area contributed by atoms with Gasteiger partial charge in [-0.15, -0.1) is 0 Å². The minimum absolute atomic E-state index is 0.0465. The van der Waals surface area contributed by atoms with Gasteiger partial charge >= 0.3 is 11.8 Å². The highest BCUT2D eigenvalue weighted by Gasteiger charge is 2.16. The van der Waals surface area contributed by atoms with Crippen LogP contribution in [0.2, 0.25) is 0 Å². The Balaban J connectivity index is 2.15. The molecule has 108 valence electrons. The van der Waals surface area contributed by atoms with Crippen LogP contribution >= 0.6 is 0 Å². The summed E-state index contributed by atoms with van der Waals surface area (Å²) < 4.78 is 4.58. The number of amides is 1. The van der Waals surface area contributed by atoms with Crippen LogP contribution < -0.4 is 5.32 Å². The number of carbonyl (C=O) groups excluding carboxylic acids is 2. The Morgan fingerprint density at radius 2 is 2.05 bits per heavy atom. The molecule has 0 radical (unpaired) electrons. The van der Waals surface area contributed by atoms with Crippen LogP contribution in [0, 0.1) is 10.1 Å². The van der Waals surface area contributed by atoms with Crippen LogP contribution in [0.15, 0.2) is 36.4 Å². The van der Waals surface area contributed by atoms with Crippen LogP contribution in [-0.4, -0.2) is 28.9 Å². The molecule has 1 heterocycles. The normalized spacial score (nSPS) is 9.95. The molecule has 0 aliphatic heterocycles. The predicted octanol–water partition coefficient (Wildman–Crippen LogP) is 1.96. The van der Waals surface area contributed by atoms with Crippen LogP contribution in [0.5, 0.6) is 0 Å². The molecule has 2 N–H and O–H groups in total. The maximum atomic E-state index is 11.9. The van der Waals surface area contributed by atoms with Crippen molar-refractivity contribution in [3.05, 3.63) is 57.8 Å². The molecule has 0 fully saturated rings.